The third-order valence-electron chi connectivity index (χ3n) is 2.75. The first-order chi connectivity index (χ1) is 10.2. The van der Waals surface area contributed by atoms with Crippen molar-refractivity contribution in [2.75, 3.05) is 14.2 Å². The molecule has 0 atom stereocenters. The molecule has 0 saturated heterocycles. The molecule has 0 aliphatic heterocycles. The molecule has 7 heteroatoms. The highest BCUT2D eigenvalue weighted by atomic mass is 16.5. The number of methoxy groups -OCH3 is 2. The summed E-state index contributed by atoms with van der Waals surface area (Å²) in [6.45, 7) is 0.161. The first kappa shape index (κ1) is 14.7. The Morgan fingerprint density at radius 2 is 1.76 bits per heavy atom. The van der Waals surface area contributed by atoms with Crippen LogP contribution in [0.4, 0.5) is 0 Å². The standard InChI is InChI=1S/C14H16N2O5/c1-18-10-4-11(19-2)6-12(5-10)21-8-13-3-9(7-20-13)14(17)16-15/h3-7H,8,15H2,1-2H3,(H,16,17). The van der Waals surface area contributed by atoms with Crippen LogP contribution in [0, 0.1) is 0 Å². The van der Waals surface area contributed by atoms with Crippen LogP contribution in [0.2, 0.25) is 0 Å². The number of hydrogen-bond donors (Lipinski definition) is 2. The predicted octanol–water partition coefficient (Wildman–Crippen LogP) is 1.48. The van der Waals surface area contributed by atoms with Gasteiger partial charge in [0.15, 0.2) is 0 Å². The van der Waals surface area contributed by atoms with Crippen molar-refractivity contribution in [2.24, 2.45) is 5.84 Å². The van der Waals surface area contributed by atoms with Gasteiger partial charge in [-0.3, -0.25) is 10.2 Å². The van der Waals surface area contributed by atoms with Crippen LogP contribution in [-0.2, 0) is 6.61 Å². The zero-order chi connectivity index (χ0) is 15.2. The molecule has 0 fully saturated rings. The number of hydrogen-bond acceptors (Lipinski definition) is 6. The maximum absolute atomic E-state index is 11.3. The van der Waals surface area contributed by atoms with Crippen LogP contribution in [-0.4, -0.2) is 20.1 Å². The van der Waals surface area contributed by atoms with Gasteiger partial charge < -0.3 is 18.6 Å². The number of amides is 1. The van der Waals surface area contributed by atoms with E-state index in [9.17, 15) is 4.79 Å². The molecule has 2 rings (SSSR count). The summed E-state index contributed by atoms with van der Waals surface area (Å²) >= 11 is 0. The molecule has 0 radical (unpaired) electrons. The van der Waals surface area contributed by atoms with Crippen LogP contribution < -0.4 is 25.5 Å². The molecule has 112 valence electrons. The molecule has 7 nitrogen and oxygen atoms in total. The monoisotopic (exact) mass is 292 g/mol. The molecule has 0 spiro atoms. The number of benzene rings is 1. The van der Waals surface area contributed by atoms with Crippen molar-refractivity contribution in [3.05, 3.63) is 41.9 Å². The Kier molecular flexibility index (Phi) is 4.68. The summed E-state index contributed by atoms with van der Waals surface area (Å²) in [6, 6.07) is 6.74. The number of carbonyl (C=O) groups excluding carboxylic acids is 1. The Balaban J connectivity index is 2.05. The van der Waals surface area contributed by atoms with Gasteiger partial charge in [0.25, 0.3) is 5.91 Å². The van der Waals surface area contributed by atoms with Gasteiger partial charge in [0, 0.05) is 18.2 Å². The Labute approximate surface area is 121 Å². The topological polar surface area (TPSA) is 96.0 Å². The van der Waals surface area contributed by atoms with Crippen LogP contribution in [0.15, 0.2) is 34.9 Å². The Bertz CT molecular complexity index is 601. The SMILES string of the molecule is COc1cc(OC)cc(OCc2cc(C(=O)NN)co2)c1. The van der Waals surface area contributed by atoms with Gasteiger partial charge in [-0.2, -0.15) is 0 Å². The van der Waals surface area contributed by atoms with Crippen LogP contribution in [0.1, 0.15) is 16.1 Å². The van der Waals surface area contributed by atoms with Gasteiger partial charge in [-0.25, -0.2) is 5.84 Å². The maximum atomic E-state index is 11.3. The lowest BCUT2D eigenvalue weighted by molar-refractivity contribution is 0.0953. The minimum absolute atomic E-state index is 0.161. The number of ether oxygens (including phenoxy) is 3. The van der Waals surface area contributed by atoms with Crippen molar-refractivity contribution in [3.63, 3.8) is 0 Å². The van der Waals surface area contributed by atoms with Crippen molar-refractivity contribution >= 4 is 5.91 Å². The zero-order valence-electron chi connectivity index (χ0n) is 11.7. The summed E-state index contributed by atoms with van der Waals surface area (Å²) in [6.07, 6.45) is 1.31. The average Bonchev–Trinajstić information content (AvgIpc) is 3.00. The van der Waals surface area contributed by atoms with E-state index in [1.54, 1.807) is 38.5 Å². The molecule has 1 aromatic carbocycles. The van der Waals surface area contributed by atoms with Gasteiger partial charge in [-0.15, -0.1) is 0 Å². The van der Waals surface area contributed by atoms with Crippen LogP contribution in [0.5, 0.6) is 17.2 Å². The molecule has 1 amide bonds. The lowest BCUT2D eigenvalue weighted by atomic mass is 10.3. The van der Waals surface area contributed by atoms with Gasteiger partial charge in [0.1, 0.15) is 35.9 Å². The molecule has 21 heavy (non-hydrogen) atoms. The summed E-state index contributed by atoms with van der Waals surface area (Å²) in [7, 11) is 3.12. The molecule has 1 heterocycles. The summed E-state index contributed by atoms with van der Waals surface area (Å²) in [5, 5.41) is 0. The van der Waals surface area contributed by atoms with Gasteiger partial charge in [-0.1, -0.05) is 0 Å². The molecule has 2 aromatic rings. The van der Waals surface area contributed by atoms with Crippen molar-refractivity contribution in [1.29, 1.82) is 0 Å². The molecule has 0 aliphatic rings. The highest BCUT2D eigenvalue weighted by Gasteiger charge is 2.10. The van der Waals surface area contributed by atoms with Crippen molar-refractivity contribution < 1.29 is 23.4 Å². The second-order valence-electron chi connectivity index (χ2n) is 4.11. The highest BCUT2D eigenvalue weighted by Crippen LogP contribution is 2.28. The Hall–Kier alpha value is -2.67. The van der Waals surface area contributed by atoms with Gasteiger partial charge in [0.2, 0.25) is 0 Å². The van der Waals surface area contributed by atoms with Gasteiger partial charge >= 0.3 is 0 Å². The van der Waals surface area contributed by atoms with E-state index < -0.39 is 5.91 Å². The van der Waals surface area contributed by atoms with E-state index >= 15 is 0 Å². The predicted molar refractivity (Wildman–Crippen MR) is 74.2 cm³/mol. The summed E-state index contributed by atoms with van der Waals surface area (Å²) in [5.41, 5.74) is 2.36. The highest BCUT2D eigenvalue weighted by molar-refractivity contribution is 5.93. The molecule has 1 aromatic heterocycles. The third-order valence-corrected chi connectivity index (χ3v) is 2.75. The molecule has 0 bridgehead atoms. The van der Waals surface area contributed by atoms with Crippen LogP contribution >= 0.6 is 0 Å². The normalized spacial score (nSPS) is 10.0. The number of nitrogens with two attached hydrogens (primary N) is 1. The smallest absolute Gasteiger partial charge is 0.268 e. The second kappa shape index (κ2) is 6.67. The zero-order valence-corrected chi connectivity index (χ0v) is 11.7. The van der Waals surface area contributed by atoms with Gasteiger partial charge in [-0.05, 0) is 6.07 Å². The van der Waals surface area contributed by atoms with E-state index in [0.29, 0.717) is 28.6 Å². The number of nitrogen functional groups attached to an aromatic ring is 1. The molecule has 0 aliphatic carbocycles. The fourth-order valence-electron chi connectivity index (χ4n) is 1.68. The number of nitrogens with one attached hydrogen (secondary N) is 1. The fourth-order valence-corrected chi connectivity index (χ4v) is 1.68. The molecular weight excluding hydrogens is 276 g/mol. The summed E-state index contributed by atoms with van der Waals surface area (Å²) < 4.78 is 21.1. The van der Waals surface area contributed by atoms with E-state index in [2.05, 4.69) is 0 Å². The second-order valence-corrected chi connectivity index (χ2v) is 4.11. The largest absolute Gasteiger partial charge is 0.496 e. The van der Waals surface area contributed by atoms with E-state index in [1.807, 2.05) is 5.43 Å². The number of hydrazine groups is 1. The lowest BCUT2D eigenvalue weighted by Gasteiger charge is -2.09. The van der Waals surface area contributed by atoms with Gasteiger partial charge in [0.05, 0.1) is 19.8 Å². The average molecular weight is 292 g/mol. The van der Waals surface area contributed by atoms with Crippen molar-refractivity contribution in [1.82, 2.24) is 5.43 Å². The van der Waals surface area contributed by atoms with Crippen LogP contribution in [0.25, 0.3) is 0 Å². The van der Waals surface area contributed by atoms with Crippen LogP contribution in [0.3, 0.4) is 0 Å². The lowest BCUT2D eigenvalue weighted by Crippen LogP contribution is -2.29. The maximum Gasteiger partial charge on any atom is 0.268 e. The molecule has 0 unspecified atom stereocenters. The van der Waals surface area contributed by atoms with Crippen molar-refractivity contribution in [3.8, 4) is 17.2 Å². The molecule has 0 saturated carbocycles. The fraction of sp³-hybridized carbons (Fsp3) is 0.214. The van der Waals surface area contributed by atoms with E-state index in [0.717, 1.165) is 0 Å². The van der Waals surface area contributed by atoms with E-state index in [-0.39, 0.29) is 6.61 Å². The first-order valence-corrected chi connectivity index (χ1v) is 6.10. The molecular formula is C14H16N2O5. The van der Waals surface area contributed by atoms with E-state index in [4.69, 9.17) is 24.5 Å². The first-order valence-electron chi connectivity index (χ1n) is 6.10. The Morgan fingerprint density at radius 3 is 2.33 bits per heavy atom. The summed E-state index contributed by atoms with van der Waals surface area (Å²) in [5.74, 6) is 6.91. The number of carbonyl (C=O) groups is 1. The van der Waals surface area contributed by atoms with Crippen molar-refractivity contribution in [2.45, 2.75) is 6.61 Å². The summed E-state index contributed by atoms with van der Waals surface area (Å²) in [4.78, 5) is 11.3. The van der Waals surface area contributed by atoms with E-state index in [1.165, 1.54) is 6.26 Å². The Morgan fingerprint density at radius 1 is 1.14 bits per heavy atom. The minimum Gasteiger partial charge on any atom is -0.496 e. The number of rotatable bonds is 6. The quantitative estimate of drug-likeness (QED) is 0.475. The number of furan rings is 1. The molecule has 3 N–H and O–H groups in total. The minimum atomic E-state index is -0.423. The third kappa shape index (κ3) is 3.67.